The Labute approximate surface area is 165 Å². The van der Waals surface area contributed by atoms with Crippen LogP contribution in [0.3, 0.4) is 0 Å². The van der Waals surface area contributed by atoms with E-state index in [0.717, 1.165) is 21.9 Å². The molecule has 0 unspecified atom stereocenters. The molecule has 25 heavy (non-hydrogen) atoms. The fourth-order valence-corrected chi connectivity index (χ4v) is 1.60. The molecule has 136 valence electrons. The van der Waals surface area contributed by atoms with E-state index in [4.69, 9.17) is 28.0 Å². The van der Waals surface area contributed by atoms with Crippen molar-refractivity contribution in [1.82, 2.24) is 4.90 Å². The van der Waals surface area contributed by atoms with E-state index >= 15 is 0 Å². The average molecular weight is 452 g/mol. The van der Waals surface area contributed by atoms with Crippen LogP contribution in [-0.2, 0) is 43.8 Å². The zero-order chi connectivity index (χ0) is 21.8. The molecule has 9 heteroatoms. The van der Waals surface area contributed by atoms with E-state index in [1.807, 2.05) is 27.1 Å². The molecular weight excluding hydrogens is 434 g/mol. The van der Waals surface area contributed by atoms with E-state index < -0.39 is 0 Å². The van der Waals surface area contributed by atoms with Gasteiger partial charge in [0.1, 0.15) is 0 Å². The maximum absolute atomic E-state index is 7.50. The predicted octanol–water partition coefficient (Wildman–Crippen LogP) is 2.65. The van der Waals surface area contributed by atoms with Crippen molar-refractivity contribution in [3.8, 4) is 0 Å². The van der Waals surface area contributed by atoms with Crippen molar-refractivity contribution in [3.05, 3.63) is 56.1 Å². The molecule has 0 N–H and O–H groups in total. The molecule has 0 aliphatic rings. The number of rotatable bonds is 7. The first-order valence-corrected chi connectivity index (χ1v) is 7.30. The number of nitrogens with zero attached hydrogens (tertiary/aromatic N) is 1. The van der Waals surface area contributed by atoms with E-state index in [9.17, 15) is 0 Å². The van der Waals surface area contributed by atoms with Crippen LogP contribution in [-0.4, -0.2) is 30.2 Å². The molecule has 0 amide bonds. The van der Waals surface area contributed by atoms with Crippen molar-refractivity contribution in [2.24, 2.45) is 0 Å². The third-order valence-corrected chi connectivity index (χ3v) is 2.56. The first-order valence-electron chi connectivity index (χ1n) is 5.87. The molecule has 0 aromatic rings. The molecule has 0 atom stereocenters. The van der Waals surface area contributed by atoms with Crippen molar-refractivity contribution < 1.29 is 43.8 Å². The topological polar surface area (TPSA) is 112 Å². The summed E-state index contributed by atoms with van der Waals surface area (Å²) in [5, 5.41) is 0. The van der Waals surface area contributed by atoms with Gasteiger partial charge in [0.2, 0.25) is 0 Å². The van der Waals surface area contributed by atoms with E-state index in [1.165, 1.54) is 5.70 Å². The maximum atomic E-state index is 7.50. The zero-order valence-electron chi connectivity index (χ0n) is 14.1. The number of hydrogen-bond acceptors (Lipinski definition) is 2. The van der Waals surface area contributed by atoms with Gasteiger partial charge in [0.05, 0.1) is 0 Å². The Morgan fingerprint density at radius 2 is 1.36 bits per heavy atom. The molecule has 0 radical (unpaired) electrons. The molecule has 0 saturated heterocycles. The molecule has 0 aromatic carbocycles. The summed E-state index contributed by atoms with van der Waals surface area (Å²) in [5.74, 6) is 0. The minimum atomic E-state index is 0.685. The number of ether oxygens (including phenoxy) is 1. The van der Waals surface area contributed by atoms with Crippen LogP contribution in [0.15, 0.2) is 22.8 Å². The van der Waals surface area contributed by atoms with Crippen LogP contribution in [0, 0.1) is 33.3 Å². The molecular formula is C16H18BrCrNO6. The second kappa shape index (κ2) is 43.4. The van der Waals surface area contributed by atoms with Crippen molar-refractivity contribution in [2.75, 3.05) is 20.7 Å². The second-order valence-corrected chi connectivity index (χ2v) is 5.05. The summed E-state index contributed by atoms with van der Waals surface area (Å²) in [4.78, 5) is 2.09. The quantitative estimate of drug-likeness (QED) is 0.437. The molecule has 0 rings (SSSR count). The van der Waals surface area contributed by atoms with Gasteiger partial charge >= 0.3 is 166 Å². The summed E-state index contributed by atoms with van der Waals surface area (Å²) in [6.45, 7) is 29.0. The monoisotopic (exact) mass is 451 g/mol. The molecule has 0 heterocycles. The normalized spacial score (nSPS) is 7.20. The number of hydrogen-bond donors (Lipinski definition) is 0. The summed E-state index contributed by atoms with van der Waals surface area (Å²) in [6, 6.07) is 0. The summed E-state index contributed by atoms with van der Waals surface area (Å²) in [6.07, 6.45) is 3.91. The van der Waals surface area contributed by atoms with Crippen LogP contribution < -0.4 is 0 Å². The Kier molecular flexibility index (Phi) is 67.8. The predicted molar refractivity (Wildman–Crippen MR) is 85.4 cm³/mol. The first-order chi connectivity index (χ1) is 12.0. The van der Waals surface area contributed by atoms with Crippen LogP contribution in [0.5, 0.6) is 0 Å². The fraction of sp³-hybridized carbons (Fsp3) is 0.375. The minimum absolute atomic E-state index is 0.685. The third-order valence-electron chi connectivity index (χ3n) is 1.80. The Bertz CT molecular complexity index is 415. The van der Waals surface area contributed by atoms with Crippen LogP contribution in [0.2, 0.25) is 0 Å². The average Bonchev–Trinajstić information content (AvgIpc) is 2.66. The van der Waals surface area contributed by atoms with Gasteiger partial charge in [-0.3, -0.25) is 0 Å². The summed E-state index contributed by atoms with van der Waals surface area (Å²) >= 11 is 6.27. The standard InChI is InChI=1S/C11H18BrNO.5CO.Cr/c1-5-14-9-8-11(13(3)4)7-6-10(2)12;5*1-2;/h8H,2,5-7H2,1,3-4H3;;;;;;/b11-8+;;;;;;. The van der Waals surface area contributed by atoms with E-state index in [2.05, 4.69) is 76.5 Å². The Morgan fingerprint density at radius 3 is 1.60 bits per heavy atom. The van der Waals surface area contributed by atoms with Crippen molar-refractivity contribution in [1.29, 1.82) is 0 Å². The third kappa shape index (κ3) is 45.0. The summed E-state index contributed by atoms with van der Waals surface area (Å²) in [7, 11) is 4.06. The van der Waals surface area contributed by atoms with Gasteiger partial charge in [-0.15, -0.1) is 0 Å². The first kappa shape index (κ1) is 39.1. The fourth-order valence-electron chi connectivity index (χ4n) is 1.01. The molecule has 0 fully saturated rings. The van der Waals surface area contributed by atoms with E-state index in [0.29, 0.717) is 6.61 Å². The molecule has 7 nitrogen and oxygen atoms in total. The molecule has 0 aliphatic carbocycles. The van der Waals surface area contributed by atoms with Gasteiger partial charge in [0, 0.05) is 0 Å². The van der Waals surface area contributed by atoms with Gasteiger partial charge in [-0.25, -0.2) is 0 Å². The van der Waals surface area contributed by atoms with Crippen molar-refractivity contribution in [2.45, 2.75) is 19.8 Å². The van der Waals surface area contributed by atoms with Gasteiger partial charge in [-0.05, 0) is 0 Å². The van der Waals surface area contributed by atoms with Gasteiger partial charge in [-0.1, -0.05) is 0 Å². The van der Waals surface area contributed by atoms with Gasteiger partial charge < -0.3 is 0 Å². The van der Waals surface area contributed by atoms with Crippen molar-refractivity contribution in [3.63, 3.8) is 0 Å². The van der Waals surface area contributed by atoms with Gasteiger partial charge in [0.15, 0.2) is 0 Å². The Morgan fingerprint density at radius 1 is 1.00 bits per heavy atom. The van der Waals surface area contributed by atoms with E-state index in [1.54, 1.807) is 0 Å². The molecule has 0 spiro atoms. The molecule has 0 aromatic heterocycles. The Hall–Kier alpha value is -1.18. The number of allylic oxidation sites excluding steroid dienone is 2. The van der Waals surface area contributed by atoms with Crippen LogP contribution in [0.1, 0.15) is 19.8 Å². The number of halogens is 1. The molecule has 0 saturated carbocycles. The molecule has 0 aliphatic heterocycles. The molecule has 0 bridgehead atoms. The second-order valence-electron chi connectivity index (χ2n) is 3.30. The summed E-state index contributed by atoms with van der Waals surface area (Å²) < 4.78 is 44.7. The Balaban J connectivity index is -0.0000000768. The van der Waals surface area contributed by atoms with Crippen LogP contribution in [0.4, 0.5) is 0 Å². The van der Waals surface area contributed by atoms with E-state index in [-0.39, 0.29) is 0 Å². The van der Waals surface area contributed by atoms with Gasteiger partial charge in [-0.2, -0.15) is 0 Å². The van der Waals surface area contributed by atoms with Crippen LogP contribution >= 0.6 is 15.9 Å². The van der Waals surface area contributed by atoms with Gasteiger partial charge in [0.25, 0.3) is 0 Å². The van der Waals surface area contributed by atoms with Crippen molar-refractivity contribution >= 4 is 20.5 Å². The zero-order valence-corrected chi connectivity index (χ0v) is 16.9. The summed E-state index contributed by atoms with van der Waals surface area (Å²) in [5.41, 5.74) is 1.22. The SMILES string of the molecule is C=C(Br)CC/C(=C\[C](=[Cr])OCC)N(C)C.[C-]#[O+].[C-]#[O+].[C-]#[O+].[C-]#[O+].[C-]#[O+]. The van der Waals surface area contributed by atoms with Crippen LogP contribution in [0.25, 0.3) is 0 Å².